The first-order valence-corrected chi connectivity index (χ1v) is 5.18. The Bertz CT molecular complexity index is 376. The third-order valence-corrected chi connectivity index (χ3v) is 2.66. The van der Waals surface area contributed by atoms with E-state index in [1.165, 1.54) is 0 Å². The molecule has 0 spiro atoms. The number of aryl methyl sites for hydroxylation is 1. The summed E-state index contributed by atoms with van der Waals surface area (Å²) in [6.45, 7) is 5.22. The lowest BCUT2D eigenvalue weighted by atomic mass is 10.1. The fourth-order valence-electron chi connectivity index (χ4n) is 1.80. The average molecular weight is 205 g/mol. The molecular formula is C12H15NO2. The standard InChI is InChI=1S/C12H15NO2/c1-9-4-3-5-11(8-9)12(14)13-6-7-15-10(13)2/h3-5,8,10H,6-7H2,1-2H3. The zero-order chi connectivity index (χ0) is 10.8. The van der Waals surface area contributed by atoms with Gasteiger partial charge in [-0.25, -0.2) is 0 Å². The Morgan fingerprint density at radius 2 is 2.33 bits per heavy atom. The lowest BCUT2D eigenvalue weighted by Gasteiger charge is -2.19. The molecule has 1 aliphatic heterocycles. The van der Waals surface area contributed by atoms with Gasteiger partial charge in [-0.1, -0.05) is 17.7 Å². The van der Waals surface area contributed by atoms with Gasteiger partial charge < -0.3 is 9.64 Å². The molecule has 3 nitrogen and oxygen atoms in total. The predicted octanol–water partition coefficient (Wildman–Crippen LogP) is 1.81. The number of amides is 1. The molecule has 0 N–H and O–H groups in total. The summed E-state index contributed by atoms with van der Waals surface area (Å²) >= 11 is 0. The second-order valence-electron chi connectivity index (χ2n) is 3.84. The summed E-state index contributed by atoms with van der Waals surface area (Å²) in [4.78, 5) is 13.8. The Labute approximate surface area is 89.7 Å². The second-order valence-corrected chi connectivity index (χ2v) is 3.84. The predicted molar refractivity (Wildman–Crippen MR) is 57.6 cm³/mol. The van der Waals surface area contributed by atoms with Crippen molar-refractivity contribution in [3.05, 3.63) is 35.4 Å². The van der Waals surface area contributed by atoms with E-state index >= 15 is 0 Å². The molecule has 0 radical (unpaired) electrons. The minimum atomic E-state index is -0.0991. The van der Waals surface area contributed by atoms with Gasteiger partial charge >= 0.3 is 0 Å². The van der Waals surface area contributed by atoms with Gasteiger partial charge in [-0.2, -0.15) is 0 Å². The summed E-state index contributed by atoms with van der Waals surface area (Å²) < 4.78 is 5.34. The minimum absolute atomic E-state index is 0.0590. The molecule has 1 aromatic rings. The largest absolute Gasteiger partial charge is 0.357 e. The first-order valence-electron chi connectivity index (χ1n) is 5.18. The first-order chi connectivity index (χ1) is 7.18. The van der Waals surface area contributed by atoms with Crippen molar-refractivity contribution in [1.82, 2.24) is 4.90 Å². The maximum absolute atomic E-state index is 12.1. The fourth-order valence-corrected chi connectivity index (χ4v) is 1.80. The molecule has 1 heterocycles. The van der Waals surface area contributed by atoms with E-state index in [2.05, 4.69) is 0 Å². The summed E-state index contributed by atoms with van der Waals surface area (Å²) in [7, 11) is 0. The van der Waals surface area contributed by atoms with Gasteiger partial charge in [0, 0.05) is 12.1 Å². The number of hydrogen-bond donors (Lipinski definition) is 0. The molecule has 80 valence electrons. The monoisotopic (exact) mass is 205 g/mol. The van der Waals surface area contributed by atoms with Crippen molar-refractivity contribution in [1.29, 1.82) is 0 Å². The average Bonchev–Trinajstić information content (AvgIpc) is 2.63. The zero-order valence-electron chi connectivity index (χ0n) is 9.06. The number of ether oxygens (including phenoxy) is 1. The first kappa shape index (κ1) is 10.2. The van der Waals surface area contributed by atoms with Crippen molar-refractivity contribution in [2.45, 2.75) is 20.1 Å². The van der Waals surface area contributed by atoms with Crippen molar-refractivity contribution in [3.63, 3.8) is 0 Å². The molecule has 0 bridgehead atoms. The number of benzene rings is 1. The van der Waals surface area contributed by atoms with Crippen LogP contribution in [0.2, 0.25) is 0 Å². The molecule has 15 heavy (non-hydrogen) atoms. The topological polar surface area (TPSA) is 29.5 Å². The van der Waals surface area contributed by atoms with Crippen molar-refractivity contribution >= 4 is 5.91 Å². The Morgan fingerprint density at radius 3 is 2.93 bits per heavy atom. The molecule has 1 saturated heterocycles. The minimum Gasteiger partial charge on any atom is -0.357 e. The molecule has 1 amide bonds. The van der Waals surface area contributed by atoms with Gasteiger partial charge in [0.2, 0.25) is 0 Å². The lowest BCUT2D eigenvalue weighted by molar-refractivity contribution is 0.0378. The van der Waals surface area contributed by atoms with E-state index in [0.717, 1.165) is 11.1 Å². The van der Waals surface area contributed by atoms with Gasteiger partial charge in [-0.05, 0) is 26.0 Å². The van der Waals surface area contributed by atoms with Crippen molar-refractivity contribution in [3.8, 4) is 0 Å². The Balaban J connectivity index is 2.20. The molecule has 3 heteroatoms. The van der Waals surface area contributed by atoms with E-state index in [9.17, 15) is 4.79 Å². The van der Waals surface area contributed by atoms with Crippen LogP contribution in [-0.2, 0) is 4.74 Å². The van der Waals surface area contributed by atoms with E-state index in [4.69, 9.17) is 4.74 Å². The van der Waals surface area contributed by atoms with Crippen molar-refractivity contribution in [2.75, 3.05) is 13.2 Å². The van der Waals surface area contributed by atoms with Crippen LogP contribution >= 0.6 is 0 Å². The summed E-state index contributed by atoms with van der Waals surface area (Å²) in [6.07, 6.45) is -0.0991. The van der Waals surface area contributed by atoms with Crippen LogP contribution in [0.5, 0.6) is 0 Å². The summed E-state index contributed by atoms with van der Waals surface area (Å²) in [5.74, 6) is 0.0590. The highest BCUT2D eigenvalue weighted by molar-refractivity contribution is 5.94. The summed E-state index contributed by atoms with van der Waals surface area (Å²) in [5.41, 5.74) is 1.85. The van der Waals surface area contributed by atoms with Crippen LogP contribution in [0.1, 0.15) is 22.8 Å². The molecule has 1 fully saturated rings. The number of rotatable bonds is 1. The van der Waals surface area contributed by atoms with Crippen LogP contribution in [0, 0.1) is 6.92 Å². The van der Waals surface area contributed by atoms with E-state index in [0.29, 0.717) is 13.2 Å². The van der Waals surface area contributed by atoms with Crippen molar-refractivity contribution in [2.24, 2.45) is 0 Å². The van der Waals surface area contributed by atoms with Gasteiger partial charge in [0.05, 0.1) is 6.61 Å². The Hall–Kier alpha value is -1.35. The molecule has 0 aromatic heterocycles. The van der Waals surface area contributed by atoms with Gasteiger partial charge in [-0.3, -0.25) is 4.79 Å². The third kappa shape index (κ3) is 2.02. The normalized spacial score (nSPS) is 20.7. The summed E-state index contributed by atoms with van der Waals surface area (Å²) in [6, 6.07) is 7.65. The van der Waals surface area contributed by atoms with E-state index in [-0.39, 0.29) is 12.1 Å². The lowest BCUT2D eigenvalue weighted by Crippen LogP contribution is -2.34. The quantitative estimate of drug-likeness (QED) is 0.699. The second kappa shape index (κ2) is 4.03. The number of hydrogen-bond acceptors (Lipinski definition) is 2. The van der Waals surface area contributed by atoms with E-state index < -0.39 is 0 Å². The van der Waals surface area contributed by atoms with E-state index in [1.54, 1.807) is 4.90 Å². The molecule has 1 atom stereocenters. The molecule has 1 unspecified atom stereocenters. The van der Waals surface area contributed by atoms with Crippen LogP contribution in [-0.4, -0.2) is 30.2 Å². The number of nitrogens with zero attached hydrogens (tertiary/aromatic N) is 1. The van der Waals surface area contributed by atoms with E-state index in [1.807, 2.05) is 38.1 Å². The van der Waals surface area contributed by atoms with Gasteiger partial charge in [0.1, 0.15) is 6.23 Å². The highest BCUT2D eigenvalue weighted by Crippen LogP contribution is 2.14. The van der Waals surface area contributed by atoms with Gasteiger partial charge in [-0.15, -0.1) is 0 Å². The molecule has 1 aliphatic rings. The Kier molecular flexibility index (Phi) is 2.73. The molecular weight excluding hydrogens is 190 g/mol. The number of carbonyl (C=O) groups excluding carboxylic acids is 1. The fraction of sp³-hybridized carbons (Fsp3) is 0.417. The molecule has 1 aromatic carbocycles. The zero-order valence-corrected chi connectivity index (χ0v) is 9.06. The smallest absolute Gasteiger partial charge is 0.255 e. The molecule has 2 rings (SSSR count). The van der Waals surface area contributed by atoms with Crippen LogP contribution < -0.4 is 0 Å². The van der Waals surface area contributed by atoms with Crippen LogP contribution in [0.25, 0.3) is 0 Å². The molecule has 0 saturated carbocycles. The Morgan fingerprint density at radius 1 is 1.53 bits per heavy atom. The van der Waals surface area contributed by atoms with Crippen LogP contribution in [0.3, 0.4) is 0 Å². The number of carbonyl (C=O) groups is 1. The van der Waals surface area contributed by atoms with Crippen molar-refractivity contribution < 1.29 is 9.53 Å². The van der Waals surface area contributed by atoms with Crippen LogP contribution in [0.4, 0.5) is 0 Å². The highest BCUT2D eigenvalue weighted by atomic mass is 16.5. The summed E-state index contributed by atoms with van der Waals surface area (Å²) in [5, 5.41) is 0. The maximum atomic E-state index is 12.1. The van der Waals surface area contributed by atoms with Gasteiger partial charge in [0.25, 0.3) is 5.91 Å². The SMILES string of the molecule is Cc1cccc(C(=O)N2CCOC2C)c1. The highest BCUT2D eigenvalue weighted by Gasteiger charge is 2.26. The molecule has 0 aliphatic carbocycles. The third-order valence-electron chi connectivity index (χ3n) is 2.66. The van der Waals surface area contributed by atoms with Crippen LogP contribution in [0.15, 0.2) is 24.3 Å². The maximum Gasteiger partial charge on any atom is 0.255 e. The van der Waals surface area contributed by atoms with Gasteiger partial charge in [0.15, 0.2) is 0 Å².